The largest absolute Gasteiger partial charge is 0.0955 e. The second-order valence-electron chi connectivity index (χ2n) is 12.7. The predicted molar refractivity (Wildman–Crippen MR) is 185 cm³/mol. The number of fused-ring (bicyclic) bond motifs is 1. The van der Waals surface area contributed by atoms with Gasteiger partial charge in [0.15, 0.2) is 0 Å². The highest BCUT2D eigenvalue weighted by molar-refractivity contribution is 5.78. The average Bonchev–Trinajstić information content (AvgIpc) is 3.56. The summed E-state index contributed by atoms with van der Waals surface area (Å²) >= 11 is 0. The molecule has 5 rings (SSSR count). The van der Waals surface area contributed by atoms with Crippen molar-refractivity contribution in [1.29, 1.82) is 0 Å². The third kappa shape index (κ3) is 5.57. The summed E-state index contributed by atoms with van der Waals surface area (Å²) < 4.78 is 0. The van der Waals surface area contributed by atoms with Crippen LogP contribution in [0.4, 0.5) is 0 Å². The van der Waals surface area contributed by atoms with Crippen molar-refractivity contribution in [1.82, 2.24) is 0 Å². The molecule has 2 unspecified atom stereocenters. The first-order valence-corrected chi connectivity index (χ1v) is 15.9. The normalized spacial score (nSPS) is 21.0. The molecule has 216 valence electrons. The Labute approximate surface area is 255 Å². The van der Waals surface area contributed by atoms with Crippen molar-refractivity contribution in [3.63, 3.8) is 0 Å². The van der Waals surface area contributed by atoms with Crippen molar-refractivity contribution < 1.29 is 0 Å². The van der Waals surface area contributed by atoms with E-state index in [-0.39, 0.29) is 5.92 Å². The molecule has 0 amide bonds. The second kappa shape index (κ2) is 12.3. The number of rotatable bonds is 9. The molecule has 0 radical (unpaired) electrons. The standard InChI is InChI=1S/C42H48/c1-10-13-28(7)40-29(8)20-37-24-36(30(9)41(37)42(40)39-23-31(11-2)15-18-33(39)12-3)22-32-16-19-35(21-32)38-25-34(26(4)5)17-14-27(38)6/h14-20,22-23,25,41-42H,4,7,9-13,21,24H2,1-3,5-6,8H3. The van der Waals surface area contributed by atoms with Crippen molar-refractivity contribution in [3.8, 4) is 0 Å². The third-order valence-electron chi connectivity index (χ3n) is 9.65. The van der Waals surface area contributed by atoms with E-state index in [1.54, 1.807) is 0 Å². The average molecular weight is 553 g/mol. The van der Waals surface area contributed by atoms with Crippen LogP contribution >= 0.6 is 0 Å². The summed E-state index contributed by atoms with van der Waals surface area (Å²) in [5, 5.41) is 0. The molecular weight excluding hydrogens is 504 g/mol. The fourth-order valence-electron chi connectivity index (χ4n) is 7.37. The van der Waals surface area contributed by atoms with Gasteiger partial charge in [-0.1, -0.05) is 118 Å². The molecule has 0 nitrogen and oxygen atoms in total. The molecule has 42 heavy (non-hydrogen) atoms. The molecule has 0 saturated heterocycles. The SMILES string of the molecule is C=C(CCC)C1=C(C)C=C2CC(=CC3=CC=C(c4cc(C(=C)C)ccc4C)C3)C(=C)C2C1c1cc(CC)ccc1CC. The van der Waals surface area contributed by atoms with Crippen LogP contribution in [0.25, 0.3) is 11.1 Å². The fraction of sp³-hybridized carbons (Fsp3) is 0.333. The number of hydrogen-bond donors (Lipinski definition) is 0. The lowest BCUT2D eigenvalue weighted by Crippen LogP contribution is -2.22. The second-order valence-corrected chi connectivity index (χ2v) is 12.7. The van der Waals surface area contributed by atoms with Gasteiger partial charge in [-0.05, 0) is 126 Å². The van der Waals surface area contributed by atoms with Crippen molar-refractivity contribution in [2.75, 3.05) is 0 Å². The van der Waals surface area contributed by atoms with Crippen LogP contribution in [-0.2, 0) is 12.8 Å². The molecule has 1 saturated carbocycles. The Bertz CT molecular complexity index is 1620. The lowest BCUT2D eigenvalue weighted by Gasteiger charge is -2.36. The number of aryl methyl sites for hydroxylation is 3. The maximum atomic E-state index is 4.81. The fourth-order valence-corrected chi connectivity index (χ4v) is 7.37. The van der Waals surface area contributed by atoms with Crippen LogP contribution in [0.2, 0.25) is 0 Å². The van der Waals surface area contributed by atoms with Gasteiger partial charge < -0.3 is 0 Å². The summed E-state index contributed by atoms with van der Waals surface area (Å²) in [5.74, 6) is 0.576. The molecule has 0 bridgehead atoms. The van der Waals surface area contributed by atoms with E-state index in [1.165, 1.54) is 78.0 Å². The first-order chi connectivity index (χ1) is 20.2. The molecule has 0 aliphatic heterocycles. The smallest absolute Gasteiger partial charge is 0.0203 e. The van der Waals surface area contributed by atoms with Gasteiger partial charge in [-0.15, -0.1) is 0 Å². The first kappa shape index (κ1) is 29.8. The van der Waals surface area contributed by atoms with E-state index in [9.17, 15) is 0 Å². The van der Waals surface area contributed by atoms with Gasteiger partial charge in [0, 0.05) is 11.8 Å². The van der Waals surface area contributed by atoms with Gasteiger partial charge in [-0.25, -0.2) is 0 Å². The quantitative estimate of drug-likeness (QED) is 0.290. The molecule has 2 aromatic carbocycles. The zero-order valence-electron chi connectivity index (χ0n) is 26.8. The van der Waals surface area contributed by atoms with E-state index < -0.39 is 0 Å². The highest BCUT2D eigenvalue weighted by atomic mass is 14.4. The Morgan fingerprint density at radius 3 is 2.40 bits per heavy atom. The van der Waals surface area contributed by atoms with Crippen molar-refractivity contribution in [3.05, 3.63) is 153 Å². The van der Waals surface area contributed by atoms with E-state index in [2.05, 4.69) is 115 Å². The third-order valence-corrected chi connectivity index (χ3v) is 9.65. The molecule has 0 spiro atoms. The minimum atomic E-state index is 0.280. The highest BCUT2D eigenvalue weighted by Crippen LogP contribution is 2.55. The van der Waals surface area contributed by atoms with Crippen LogP contribution in [0, 0.1) is 12.8 Å². The summed E-state index contributed by atoms with van der Waals surface area (Å²) in [6, 6.07) is 13.9. The Kier molecular flexibility index (Phi) is 8.74. The van der Waals surface area contributed by atoms with Crippen LogP contribution in [-0.4, -0.2) is 0 Å². The highest BCUT2D eigenvalue weighted by Gasteiger charge is 2.41. The molecule has 0 N–H and O–H groups in total. The van der Waals surface area contributed by atoms with Gasteiger partial charge >= 0.3 is 0 Å². The van der Waals surface area contributed by atoms with Gasteiger partial charge in [0.05, 0.1) is 0 Å². The molecule has 2 aromatic rings. The van der Waals surface area contributed by atoms with Gasteiger partial charge in [-0.2, -0.15) is 0 Å². The first-order valence-electron chi connectivity index (χ1n) is 15.9. The van der Waals surface area contributed by atoms with Crippen LogP contribution < -0.4 is 0 Å². The minimum Gasteiger partial charge on any atom is -0.0955 e. The lowest BCUT2D eigenvalue weighted by molar-refractivity contribution is 0.613. The molecule has 1 fully saturated rings. The Hall–Kier alpha value is -3.64. The van der Waals surface area contributed by atoms with Crippen molar-refractivity contribution in [2.45, 2.75) is 86.0 Å². The Balaban J connectivity index is 1.50. The molecular formula is C42H48. The molecule has 2 atom stereocenters. The monoisotopic (exact) mass is 552 g/mol. The van der Waals surface area contributed by atoms with Crippen LogP contribution in [0.3, 0.4) is 0 Å². The maximum absolute atomic E-state index is 4.81. The van der Waals surface area contributed by atoms with Gasteiger partial charge in [0.25, 0.3) is 0 Å². The van der Waals surface area contributed by atoms with Gasteiger partial charge in [0.2, 0.25) is 0 Å². The number of hydrogen-bond acceptors (Lipinski definition) is 0. The summed E-state index contributed by atoms with van der Waals surface area (Å²) in [4.78, 5) is 0. The Morgan fingerprint density at radius 1 is 0.929 bits per heavy atom. The number of allylic oxidation sites excluding steroid dienone is 13. The van der Waals surface area contributed by atoms with Crippen molar-refractivity contribution >= 4 is 11.1 Å². The van der Waals surface area contributed by atoms with E-state index in [1.807, 2.05) is 0 Å². The molecule has 0 aromatic heterocycles. The summed E-state index contributed by atoms with van der Waals surface area (Å²) in [6.07, 6.45) is 15.7. The van der Waals surface area contributed by atoms with Gasteiger partial charge in [0.1, 0.15) is 0 Å². The molecule has 0 heterocycles. The van der Waals surface area contributed by atoms with Crippen LogP contribution in [0.5, 0.6) is 0 Å². The van der Waals surface area contributed by atoms with Crippen LogP contribution in [0.1, 0.15) is 99.6 Å². The molecule has 3 aliphatic rings. The van der Waals surface area contributed by atoms with Crippen LogP contribution in [0.15, 0.2) is 119 Å². The molecule has 0 heteroatoms. The number of benzene rings is 2. The Morgan fingerprint density at radius 2 is 1.71 bits per heavy atom. The summed E-state index contributed by atoms with van der Waals surface area (Å²) in [6.45, 7) is 27.0. The lowest BCUT2D eigenvalue weighted by atomic mass is 9.68. The zero-order valence-corrected chi connectivity index (χ0v) is 26.8. The zero-order chi connectivity index (χ0) is 30.1. The van der Waals surface area contributed by atoms with Gasteiger partial charge in [-0.3, -0.25) is 0 Å². The van der Waals surface area contributed by atoms with E-state index in [0.717, 1.165) is 44.1 Å². The molecule has 3 aliphatic carbocycles. The van der Waals surface area contributed by atoms with E-state index in [4.69, 9.17) is 6.58 Å². The minimum absolute atomic E-state index is 0.280. The van der Waals surface area contributed by atoms with Crippen molar-refractivity contribution in [2.24, 2.45) is 5.92 Å². The maximum Gasteiger partial charge on any atom is 0.0203 e. The van der Waals surface area contributed by atoms with E-state index in [0.29, 0.717) is 5.92 Å². The summed E-state index contributed by atoms with van der Waals surface area (Å²) in [5.41, 5.74) is 20.4. The topological polar surface area (TPSA) is 0 Å². The van der Waals surface area contributed by atoms with E-state index >= 15 is 0 Å². The predicted octanol–water partition coefficient (Wildman–Crippen LogP) is 11.8. The summed E-state index contributed by atoms with van der Waals surface area (Å²) in [7, 11) is 0.